The van der Waals surface area contributed by atoms with Gasteiger partial charge in [-0.1, -0.05) is 120 Å². The van der Waals surface area contributed by atoms with Crippen LogP contribution in [0, 0.1) is 6.92 Å². The monoisotopic (exact) mass is 681 g/mol. The normalized spacial score (nSPS) is 20.1. The largest absolute Gasteiger partial charge is 0.309 e. The molecule has 0 aliphatic carbocycles. The Balaban J connectivity index is 1.49. The van der Waals surface area contributed by atoms with Gasteiger partial charge in [0.2, 0.25) is 0 Å². The second-order valence-corrected chi connectivity index (χ2v) is 11.0. The van der Waals surface area contributed by atoms with Gasteiger partial charge in [-0.3, -0.25) is 0 Å². The van der Waals surface area contributed by atoms with Crippen molar-refractivity contribution in [2.24, 2.45) is 0 Å². The summed E-state index contributed by atoms with van der Waals surface area (Å²) in [5.41, 5.74) is -9.51. The lowest BCUT2D eigenvalue weighted by Crippen LogP contribution is -1.93. The molecule has 10 rings (SSSR count). The number of rotatable bonds is 5. The lowest BCUT2D eigenvalue weighted by molar-refractivity contribution is 1.18. The highest BCUT2D eigenvalue weighted by Gasteiger charge is 2.17. The Morgan fingerprint density at radius 2 is 0.647 bits per heavy atom. The van der Waals surface area contributed by atoms with Crippen LogP contribution in [0.15, 0.2) is 187 Å². The zero-order valence-electron chi connectivity index (χ0n) is 56.9. The van der Waals surface area contributed by atoms with Gasteiger partial charge in [0, 0.05) is 32.9 Å². The van der Waals surface area contributed by atoms with Gasteiger partial charge in [0.05, 0.1) is 64.6 Å². The van der Waals surface area contributed by atoms with Gasteiger partial charge in [0.25, 0.3) is 0 Å². The number of nitrogens with zero attached hydrogens (tertiary/aromatic N) is 2. The molecule has 8 aromatic carbocycles. The van der Waals surface area contributed by atoms with Crippen LogP contribution in [-0.2, 0) is 0 Å². The highest BCUT2D eigenvalue weighted by Crippen LogP contribution is 2.40. The van der Waals surface area contributed by atoms with E-state index in [4.69, 9.17) is 26.0 Å². The van der Waals surface area contributed by atoms with Crippen molar-refractivity contribution in [1.82, 2.24) is 9.13 Å². The third kappa shape index (κ3) is 4.87. The van der Waals surface area contributed by atoms with E-state index in [2.05, 4.69) is 0 Å². The minimum Gasteiger partial charge on any atom is -0.309 e. The molecule has 0 fully saturated rings. The molecule has 0 aliphatic rings. The Hall–Kier alpha value is -6.64. The molecule has 2 nitrogen and oxygen atoms in total. The van der Waals surface area contributed by atoms with Crippen molar-refractivity contribution in [3.05, 3.63) is 193 Å². The molecular formula is C49H34N2. The van der Waals surface area contributed by atoms with E-state index in [0.29, 0.717) is 9.13 Å². The highest BCUT2D eigenvalue weighted by atomic mass is 15.0. The molecule has 2 aromatic heterocycles. The Bertz CT molecular complexity index is 4300. The van der Waals surface area contributed by atoms with Crippen molar-refractivity contribution in [2.45, 2.75) is 6.92 Å². The van der Waals surface area contributed by atoms with E-state index in [1.807, 2.05) is 0 Å². The molecule has 0 unspecified atom stereocenters. The van der Waals surface area contributed by atoms with Gasteiger partial charge in [0.15, 0.2) is 0 Å². The first-order chi connectivity index (χ1) is 38.1. The number of hydrogen-bond acceptors (Lipinski definition) is 0. The number of fused-ring (bicyclic) bond motifs is 6. The Labute approximate surface area is 340 Å². The van der Waals surface area contributed by atoms with Crippen LogP contribution in [0.3, 0.4) is 0 Å². The predicted molar refractivity (Wildman–Crippen MR) is 216 cm³/mol. The maximum atomic E-state index is 10.1. The molecule has 0 atom stereocenters. The fraction of sp³-hybridized carbons (Fsp3) is 0.0204. The summed E-state index contributed by atoms with van der Waals surface area (Å²) in [4.78, 5) is 0. The Morgan fingerprint density at radius 3 is 1.06 bits per heavy atom. The first-order valence-corrected chi connectivity index (χ1v) is 15.1. The quantitative estimate of drug-likeness (QED) is 0.171. The lowest BCUT2D eigenvalue weighted by atomic mass is 9.98. The van der Waals surface area contributed by atoms with E-state index < -0.39 is 276 Å². The van der Waals surface area contributed by atoms with Crippen molar-refractivity contribution in [2.75, 3.05) is 0 Å². The first-order valence-electron chi connectivity index (χ1n) is 30.6. The maximum Gasteiger partial charge on any atom is 0.0645 e. The van der Waals surface area contributed by atoms with Gasteiger partial charge in [-0.15, -0.1) is 0 Å². The molecule has 0 radical (unpaired) electrons. The van der Waals surface area contributed by atoms with Gasteiger partial charge >= 0.3 is 0 Å². The van der Waals surface area contributed by atoms with Gasteiger partial charge in [-0.2, -0.15) is 0 Å². The van der Waals surface area contributed by atoms with Crippen LogP contribution in [-0.4, -0.2) is 9.13 Å². The van der Waals surface area contributed by atoms with Gasteiger partial charge < -0.3 is 9.13 Å². The number of hydrogen-bond donors (Lipinski definition) is 0. The Morgan fingerprint density at radius 1 is 0.314 bits per heavy atom. The lowest BCUT2D eigenvalue weighted by Gasteiger charge is -2.09. The minimum atomic E-state index is -1.12. The van der Waals surface area contributed by atoms with Crippen molar-refractivity contribution >= 4 is 43.6 Å². The summed E-state index contributed by atoms with van der Waals surface area (Å²) in [6, 6.07) is -29.3. The molecule has 0 amide bonds. The maximum absolute atomic E-state index is 10.1. The molecule has 0 saturated carbocycles. The van der Waals surface area contributed by atoms with Gasteiger partial charge in [0.1, 0.15) is 0 Å². The van der Waals surface area contributed by atoms with Crippen molar-refractivity contribution in [3.8, 4) is 44.8 Å². The van der Waals surface area contributed by atoms with Crippen LogP contribution >= 0.6 is 0 Å². The summed E-state index contributed by atoms with van der Waals surface area (Å²) < 4.78 is 281. The zero-order valence-corrected chi connectivity index (χ0v) is 25.9. The molecule has 0 spiro atoms. The molecule has 10 aromatic rings. The van der Waals surface area contributed by atoms with Gasteiger partial charge in [-0.05, 0) is 113 Å². The third-order valence-electron chi connectivity index (χ3n) is 7.99. The standard InChI is InChI=1S/C49H34N2/c1-33-12-11-15-35(28-33)37-21-25-47-43(30-37)45-32-39(23-27-49(45)51(47)41-18-9-4-10-19-41)38-22-26-48-44(31-38)42-29-36(34-13-5-2-6-14-34)20-24-46(42)50(48)40-16-7-3-8-17-40/h2-32H,1H3/i2D,3D,4D,5D,6D,7D,8D,9D,10D,11D,12D,13D,14D,15D,16D,17D,18D,19D,20D,21D,22D,23D,24D,25D,26D,27D,28D,29D,30D,31D,32D. The van der Waals surface area contributed by atoms with Crippen molar-refractivity contribution in [1.29, 1.82) is 0 Å². The summed E-state index contributed by atoms with van der Waals surface area (Å²) in [5, 5.41) is -2.83. The predicted octanol–water partition coefficient (Wildman–Crippen LogP) is 13.2. The van der Waals surface area contributed by atoms with Crippen molar-refractivity contribution < 1.29 is 42.5 Å². The molecule has 0 bridgehead atoms. The second kappa shape index (κ2) is 11.8. The van der Waals surface area contributed by atoms with Crippen LogP contribution in [0.5, 0.6) is 0 Å². The van der Waals surface area contributed by atoms with Crippen LogP contribution < -0.4 is 0 Å². The smallest absolute Gasteiger partial charge is 0.0645 e. The zero-order chi connectivity index (χ0) is 60.9. The van der Waals surface area contributed by atoms with E-state index in [1.54, 1.807) is 0 Å². The first kappa shape index (κ1) is 11.7. The highest BCUT2D eigenvalue weighted by molar-refractivity contribution is 6.14. The van der Waals surface area contributed by atoms with Crippen LogP contribution in [0.25, 0.3) is 88.4 Å². The molecule has 240 valence electrons. The van der Waals surface area contributed by atoms with Crippen molar-refractivity contribution in [3.63, 3.8) is 0 Å². The van der Waals surface area contributed by atoms with Crippen LogP contribution in [0.2, 0.25) is 0 Å². The summed E-state index contributed by atoms with van der Waals surface area (Å²) >= 11 is 0. The molecule has 51 heavy (non-hydrogen) atoms. The van der Waals surface area contributed by atoms with Crippen LogP contribution in [0.4, 0.5) is 0 Å². The summed E-state index contributed by atoms with van der Waals surface area (Å²) in [6.45, 7) is 1.26. The number of benzene rings is 8. The molecular weight excluding hydrogens is 617 g/mol. The number of para-hydroxylation sites is 2. The molecule has 2 heterocycles. The average Bonchev–Trinajstić information content (AvgIpc) is 1.64. The average molecular weight is 682 g/mol. The summed E-state index contributed by atoms with van der Waals surface area (Å²) in [6.07, 6.45) is 0. The van der Waals surface area contributed by atoms with E-state index in [9.17, 15) is 16.4 Å². The topological polar surface area (TPSA) is 9.86 Å². The fourth-order valence-electron chi connectivity index (χ4n) is 5.81. The third-order valence-corrected chi connectivity index (χ3v) is 7.99. The SMILES string of the molecule is [2H]c1c([2H])c([2H])c(-c2c([2H])c([2H])c3c(c2[2H])c2c([2H])c(-c4c([2H])c([2H])c5c(c4[2H])c4c([2H])c(-c6c([2H])c([2H])c([2H])c(C)c6[2H])c([2H])c([2H])c4n5-c4c([2H])c([2H])c([2H])c([2H])c4[2H])c([2H])c([2H])c2n3-c2c([2H])c([2H])c([2H])c([2H])c2[2H])c([2H])c1[2H]. The number of aromatic nitrogens is 2. The molecule has 2 heteroatoms. The summed E-state index contributed by atoms with van der Waals surface area (Å²) in [5.74, 6) is 0. The summed E-state index contributed by atoms with van der Waals surface area (Å²) in [7, 11) is 0. The second-order valence-electron chi connectivity index (χ2n) is 11.0. The Kier molecular flexibility index (Phi) is 2.70. The van der Waals surface area contributed by atoms with E-state index in [0.717, 1.165) is 0 Å². The van der Waals surface area contributed by atoms with E-state index in [1.165, 1.54) is 6.92 Å². The fourth-order valence-corrected chi connectivity index (χ4v) is 5.81. The van der Waals surface area contributed by atoms with E-state index in [-0.39, 0.29) is 5.56 Å². The molecule has 0 aliphatic heterocycles. The minimum absolute atomic E-state index is 0.188. The van der Waals surface area contributed by atoms with E-state index >= 15 is 0 Å². The van der Waals surface area contributed by atoms with Crippen LogP contribution in [0.1, 0.15) is 48.1 Å². The molecule has 0 N–H and O–H groups in total. The van der Waals surface area contributed by atoms with Gasteiger partial charge in [-0.25, -0.2) is 0 Å². The molecule has 0 saturated heterocycles.